The number of hydrogen-bond donors (Lipinski definition) is 1. The van der Waals surface area contributed by atoms with Gasteiger partial charge in [-0.25, -0.2) is 4.98 Å². The van der Waals surface area contributed by atoms with Crippen molar-refractivity contribution < 1.29 is 0 Å². The minimum absolute atomic E-state index is 0.601. The van der Waals surface area contributed by atoms with Crippen LogP contribution in [-0.2, 0) is 6.54 Å². The first-order valence-electron chi connectivity index (χ1n) is 7.42. The molecule has 110 valence electrons. The Kier molecular flexibility index (Phi) is 4.15. The summed E-state index contributed by atoms with van der Waals surface area (Å²) in [5.41, 5.74) is 1.18. The molecule has 2 heterocycles. The fraction of sp³-hybridized carbons (Fsp3) is 0.667. The molecule has 0 radical (unpaired) electrons. The first-order chi connectivity index (χ1) is 9.63. The summed E-state index contributed by atoms with van der Waals surface area (Å²) in [7, 11) is 4.27. The van der Waals surface area contributed by atoms with Gasteiger partial charge in [-0.1, -0.05) is 11.6 Å². The van der Waals surface area contributed by atoms with Crippen molar-refractivity contribution in [3.05, 3.63) is 22.8 Å². The zero-order chi connectivity index (χ0) is 14.1. The van der Waals surface area contributed by atoms with Gasteiger partial charge in [-0.05, 0) is 45.0 Å². The second kappa shape index (κ2) is 5.88. The molecule has 3 rings (SSSR count). The molecular weight excluding hydrogens is 272 g/mol. The molecule has 20 heavy (non-hydrogen) atoms. The SMILES string of the molecule is CN(C)C1CCN(c2ncc(CNC3CC3)cc2Cl)C1. The molecule has 1 atom stereocenters. The van der Waals surface area contributed by atoms with Crippen LogP contribution in [-0.4, -0.2) is 49.2 Å². The maximum absolute atomic E-state index is 6.42. The number of hydrogen-bond acceptors (Lipinski definition) is 4. The van der Waals surface area contributed by atoms with E-state index in [9.17, 15) is 0 Å². The Morgan fingerprint density at radius 3 is 2.80 bits per heavy atom. The van der Waals surface area contributed by atoms with Crippen LogP contribution in [0.25, 0.3) is 0 Å². The lowest BCUT2D eigenvalue weighted by Crippen LogP contribution is -2.31. The van der Waals surface area contributed by atoms with Crippen molar-refractivity contribution in [1.82, 2.24) is 15.2 Å². The van der Waals surface area contributed by atoms with Crippen molar-refractivity contribution in [3.63, 3.8) is 0 Å². The monoisotopic (exact) mass is 294 g/mol. The number of rotatable bonds is 5. The van der Waals surface area contributed by atoms with Crippen molar-refractivity contribution in [2.45, 2.75) is 37.9 Å². The smallest absolute Gasteiger partial charge is 0.147 e. The lowest BCUT2D eigenvalue weighted by Gasteiger charge is -2.22. The molecule has 1 aromatic heterocycles. The number of aromatic nitrogens is 1. The Labute approximate surface area is 126 Å². The summed E-state index contributed by atoms with van der Waals surface area (Å²) in [5, 5.41) is 4.27. The van der Waals surface area contributed by atoms with Crippen molar-refractivity contribution in [2.24, 2.45) is 0 Å². The molecule has 1 unspecified atom stereocenters. The lowest BCUT2D eigenvalue weighted by atomic mass is 10.2. The van der Waals surface area contributed by atoms with Crippen LogP contribution < -0.4 is 10.2 Å². The Hall–Kier alpha value is -0.840. The molecule has 0 aromatic carbocycles. The van der Waals surface area contributed by atoms with Gasteiger partial charge in [0.05, 0.1) is 5.02 Å². The quantitative estimate of drug-likeness (QED) is 0.901. The van der Waals surface area contributed by atoms with E-state index in [0.717, 1.165) is 30.5 Å². The molecular formula is C15H23ClN4. The van der Waals surface area contributed by atoms with Gasteiger partial charge in [-0.3, -0.25) is 0 Å². The van der Waals surface area contributed by atoms with Gasteiger partial charge in [0.25, 0.3) is 0 Å². The average molecular weight is 295 g/mol. The van der Waals surface area contributed by atoms with Crippen LogP contribution in [0.5, 0.6) is 0 Å². The molecule has 0 spiro atoms. The molecule has 1 N–H and O–H groups in total. The van der Waals surface area contributed by atoms with E-state index in [1.807, 2.05) is 6.20 Å². The molecule has 1 aliphatic carbocycles. The van der Waals surface area contributed by atoms with Crippen molar-refractivity contribution in [1.29, 1.82) is 0 Å². The molecule has 4 nitrogen and oxygen atoms in total. The molecule has 1 saturated heterocycles. The van der Waals surface area contributed by atoms with Crippen molar-refractivity contribution in [3.8, 4) is 0 Å². The third-order valence-electron chi connectivity index (χ3n) is 4.24. The van der Waals surface area contributed by atoms with E-state index in [2.05, 4.69) is 40.3 Å². The van der Waals surface area contributed by atoms with Gasteiger partial charge in [0.2, 0.25) is 0 Å². The molecule has 0 bridgehead atoms. The Balaban J connectivity index is 1.64. The minimum atomic E-state index is 0.601. The van der Waals surface area contributed by atoms with Crippen LogP contribution >= 0.6 is 11.6 Å². The normalized spacial score (nSPS) is 22.8. The first-order valence-corrected chi connectivity index (χ1v) is 7.80. The van der Waals surface area contributed by atoms with Gasteiger partial charge < -0.3 is 15.1 Å². The van der Waals surface area contributed by atoms with E-state index in [1.54, 1.807) is 0 Å². The predicted octanol–water partition coefficient (Wildman–Crippen LogP) is 2.13. The van der Waals surface area contributed by atoms with Gasteiger partial charge >= 0.3 is 0 Å². The van der Waals surface area contributed by atoms with Crippen LogP contribution in [0.1, 0.15) is 24.8 Å². The Morgan fingerprint density at radius 2 is 2.20 bits per heavy atom. The largest absolute Gasteiger partial charge is 0.354 e. The summed E-state index contributed by atoms with van der Waals surface area (Å²) >= 11 is 6.42. The van der Waals surface area contributed by atoms with Gasteiger partial charge in [-0.2, -0.15) is 0 Å². The highest BCUT2D eigenvalue weighted by Crippen LogP contribution is 2.28. The number of anilines is 1. The zero-order valence-electron chi connectivity index (χ0n) is 12.3. The summed E-state index contributed by atoms with van der Waals surface area (Å²) in [6.07, 6.45) is 5.74. The maximum atomic E-state index is 6.42. The number of likely N-dealkylation sites (N-methyl/N-ethyl adjacent to an activating group) is 1. The molecule has 1 aliphatic heterocycles. The first kappa shape index (κ1) is 14.1. The predicted molar refractivity (Wildman–Crippen MR) is 83.4 cm³/mol. The topological polar surface area (TPSA) is 31.4 Å². The molecule has 5 heteroatoms. The van der Waals surface area contributed by atoms with Gasteiger partial charge in [0.15, 0.2) is 0 Å². The zero-order valence-corrected chi connectivity index (χ0v) is 13.0. The summed E-state index contributed by atoms with van der Waals surface area (Å²) in [6, 6.07) is 3.37. The summed E-state index contributed by atoms with van der Waals surface area (Å²) < 4.78 is 0. The Bertz CT molecular complexity index is 473. The summed E-state index contributed by atoms with van der Waals surface area (Å²) in [4.78, 5) is 9.16. The van der Waals surface area contributed by atoms with Gasteiger partial charge in [0, 0.05) is 37.9 Å². The highest BCUT2D eigenvalue weighted by atomic mass is 35.5. The summed E-state index contributed by atoms with van der Waals surface area (Å²) in [5.74, 6) is 0.936. The van der Waals surface area contributed by atoms with E-state index in [0.29, 0.717) is 12.1 Å². The standard InChI is InChI=1S/C15H23ClN4/c1-19(2)13-5-6-20(10-13)15-14(16)7-11(9-18-15)8-17-12-3-4-12/h7,9,12-13,17H,3-6,8,10H2,1-2H3. The maximum Gasteiger partial charge on any atom is 0.147 e. The third-order valence-corrected chi connectivity index (χ3v) is 4.52. The molecule has 0 amide bonds. The number of pyridine rings is 1. The van der Waals surface area contributed by atoms with E-state index >= 15 is 0 Å². The second-order valence-electron chi connectivity index (χ2n) is 6.16. The van der Waals surface area contributed by atoms with E-state index < -0.39 is 0 Å². The van der Waals surface area contributed by atoms with Crippen molar-refractivity contribution in [2.75, 3.05) is 32.1 Å². The van der Waals surface area contributed by atoms with Crippen molar-refractivity contribution >= 4 is 17.4 Å². The van der Waals surface area contributed by atoms with Crippen LogP contribution in [0, 0.1) is 0 Å². The van der Waals surface area contributed by atoms with Crippen LogP contribution in [0.3, 0.4) is 0 Å². The highest BCUT2D eigenvalue weighted by molar-refractivity contribution is 6.33. The molecule has 2 fully saturated rings. The fourth-order valence-electron chi connectivity index (χ4n) is 2.71. The third kappa shape index (κ3) is 3.25. The highest BCUT2D eigenvalue weighted by Gasteiger charge is 2.26. The van der Waals surface area contributed by atoms with Gasteiger partial charge in [0.1, 0.15) is 5.82 Å². The number of nitrogens with one attached hydrogen (secondary N) is 1. The average Bonchev–Trinajstić information content (AvgIpc) is 3.11. The second-order valence-corrected chi connectivity index (χ2v) is 6.56. The van der Waals surface area contributed by atoms with E-state index in [1.165, 1.54) is 24.8 Å². The van der Waals surface area contributed by atoms with Crippen LogP contribution in [0.15, 0.2) is 12.3 Å². The molecule has 1 saturated carbocycles. The summed E-state index contributed by atoms with van der Waals surface area (Å²) in [6.45, 7) is 2.92. The van der Waals surface area contributed by atoms with Gasteiger partial charge in [-0.15, -0.1) is 0 Å². The minimum Gasteiger partial charge on any atom is -0.354 e. The number of nitrogens with zero attached hydrogens (tertiary/aromatic N) is 3. The van der Waals surface area contributed by atoms with Crippen LogP contribution in [0.2, 0.25) is 5.02 Å². The fourth-order valence-corrected chi connectivity index (χ4v) is 3.01. The Morgan fingerprint density at radius 1 is 1.40 bits per heavy atom. The number of halogens is 1. The van der Waals surface area contributed by atoms with E-state index in [-0.39, 0.29) is 0 Å². The van der Waals surface area contributed by atoms with Crippen LogP contribution in [0.4, 0.5) is 5.82 Å². The molecule has 1 aromatic rings. The van der Waals surface area contributed by atoms with E-state index in [4.69, 9.17) is 11.6 Å². The molecule has 2 aliphatic rings. The lowest BCUT2D eigenvalue weighted by molar-refractivity contribution is 0.315.